The summed E-state index contributed by atoms with van der Waals surface area (Å²) < 4.78 is 2.74. The van der Waals surface area contributed by atoms with E-state index in [-0.39, 0.29) is 12.1 Å². The lowest BCUT2D eigenvalue weighted by Gasteiger charge is -2.27. The standard InChI is InChI=1S/C25H28BrN7O2/c1-32-11-25(9-15(32)6-13-2-3-14-8-17(26)23(28)31-18(14)7-13)10-19(20(34)21(25)35)33-5-4-16-22(27)29-12-30-24(16)33/h2-5,7-8,12,15,19-21,34-35H,6,9-11H2,1H3,(H2,28,31)(H2,27,29,30). The molecule has 6 N–H and O–H groups in total. The Morgan fingerprint density at radius 1 is 1.11 bits per heavy atom. The van der Waals surface area contributed by atoms with Crippen molar-refractivity contribution in [3.05, 3.63) is 52.9 Å². The van der Waals surface area contributed by atoms with Crippen LogP contribution in [0.25, 0.3) is 21.9 Å². The van der Waals surface area contributed by atoms with Gasteiger partial charge in [-0.1, -0.05) is 12.1 Å². The van der Waals surface area contributed by atoms with E-state index in [9.17, 15) is 10.2 Å². The summed E-state index contributed by atoms with van der Waals surface area (Å²) in [5.41, 5.74) is 14.3. The Morgan fingerprint density at radius 2 is 1.94 bits per heavy atom. The lowest BCUT2D eigenvalue weighted by molar-refractivity contribution is -0.0238. The molecule has 2 aliphatic rings. The van der Waals surface area contributed by atoms with E-state index in [1.54, 1.807) is 0 Å². The fraction of sp³-hybridized carbons (Fsp3) is 0.400. The molecule has 1 aliphatic heterocycles. The van der Waals surface area contributed by atoms with Gasteiger partial charge in [-0.3, -0.25) is 0 Å². The maximum Gasteiger partial charge on any atom is 0.145 e. The van der Waals surface area contributed by atoms with Crippen LogP contribution >= 0.6 is 15.9 Å². The van der Waals surface area contributed by atoms with Crippen LogP contribution in [-0.2, 0) is 6.42 Å². The Balaban J connectivity index is 1.26. The highest BCUT2D eigenvalue weighted by molar-refractivity contribution is 9.10. The van der Waals surface area contributed by atoms with E-state index in [1.807, 2.05) is 22.9 Å². The van der Waals surface area contributed by atoms with Gasteiger partial charge in [-0.2, -0.15) is 0 Å². The van der Waals surface area contributed by atoms with Crippen LogP contribution in [-0.4, -0.2) is 66.5 Å². The fourth-order valence-electron chi connectivity index (χ4n) is 6.26. The molecule has 4 heterocycles. The van der Waals surface area contributed by atoms with Gasteiger partial charge in [-0.05, 0) is 66.0 Å². The molecule has 9 nitrogen and oxygen atoms in total. The van der Waals surface area contributed by atoms with Crippen LogP contribution in [0.5, 0.6) is 0 Å². The molecule has 2 fully saturated rings. The number of aromatic nitrogens is 4. The SMILES string of the molecule is CN1CC2(CC1Cc1ccc3cc(Br)c(N)nc3c1)CC(n1ccc3c(N)ncnc31)C(O)C2O. The van der Waals surface area contributed by atoms with Gasteiger partial charge in [0.25, 0.3) is 0 Å². The van der Waals surface area contributed by atoms with Crippen molar-refractivity contribution in [1.82, 2.24) is 24.4 Å². The Labute approximate surface area is 210 Å². The van der Waals surface area contributed by atoms with Gasteiger partial charge in [0.1, 0.15) is 29.7 Å². The summed E-state index contributed by atoms with van der Waals surface area (Å²) in [7, 11) is 2.10. The van der Waals surface area contributed by atoms with Gasteiger partial charge in [0.15, 0.2) is 0 Å². The largest absolute Gasteiger partial charge is 0.390 e. The van der Waals surface area contributed by atoms with Crippen LogP contribution in [0.15, 0.2) is 47.3 Å². The van der Waals surface area contributed by atoms with E-state index >= 15 is 0 Å². The molecule has 4 aromatic rings. The van der Waals surface area contributed by atoms with Gasteiger partial charge in [0, 0.05) is 29.6 Å². The van der Waals surface area contributed by atoms with Crippen molar-refractivity contribution in [3.8, 4) is 0 Å². The predicted octanol–water partition coefficient (Wildman–Crippen LogP) is 2.51. The van der Waals surface area contributed by atoms with E-state index in [1.165, 1.54) is 11.9 Å². The number of likely N-dealkylation sites (tertiary alicyclic amines) is 1. The number of likely N-dealkylation sites (N-methyl/N-ethyl adjacent to an activating group) is 1. The Kier molecular flexibility index (Phi) is 5.26. The molecule has 0 bridgehead atoms. The van der Waals surface area contributed by atoms with Crippen molar-refractivity contribution in [1.29, 1.82) is 0 Å². The highest BCUT2D eigenvalue weighted by Gasteiger charge is 2.57. The number of anilines is 2. The third kappa shape index (κ3) is 3.58. The third-order valence-electron chi connectivity index (χ3n) is 8.02. The molecule has 182 valence electrons. The first-order valence-corrected chi connectivity index (χ1v) is 12.5. The Hall–Kier alpha value is -2.79. The number of hydrogen-bond acceptors (Lipinski definition) is 8. The number of rotatable bonds is 3. The van der Waals surface area contributed by atoms with E-state index in [0.717, 1.165) is 33.6 Å². The number of hydrogen-bond donors (Lipinski definition) is 4. The highest BCUT2D eigenvalue weighted by atomic mass is 79.9. The summed E-state index contributed by atoms with van der Waals surface area (Å²) in [5, 5.41) is 24.2. The topological polar surface area (TPSA) is 139 Å². The first-order chi connectivity index (χ1) is 16.8. The summed E-state index contributed by atoms with van der Waals surface area (Å²) in [6.45, 7) is 0.717. The molecule has 1 saturated carbocycles. The van der Waals surface area contributed by atoms with Crippen LogP contribution in [0.1, 0.15) is 24.4 Å². The van der Waals surface area contributed by atoms with E-state index < -0.39 is 17.6 Å². The van der Waals surface area contributed by atoms with Gasteiger partial charge >= 0.3 is 0 Å². The third-order valence-corrected chi connectivity index (χ3v) is 8.66. The Bertz CT molecular complexity index is 1440. The average molecular weight is 538 g/mol. The molecule has 1 saturated heterocycles. The number of benzene rings is 1. The second kappa shape index (κ2) is 8.12. The molecule has 1 aliphatic carbocycles. The number of pyridine rings is 1. The van der Waals surface area contributed by atoms with Crippen molar-refractivity contribution < 1.29 is 10.2 Å². The number of aliphatic hydroxyl groups excluding tert-OH is 2. The monoisotopic (exact) mass is 537 g/mol. The molecule has 3 aromatic heterocycles. The smallest absolute Gasteiger partial charge is 0.145 e. The lowest BCUT2D eigenvalue weighted by atomic mass is 9.80. The molecule has 0 radical (unpaired) electrons. The maximum atomic E-state index is 11.3. The molecular weight excluding hydrogens is 510 g/mol. The van der Waals surface area contributed by atoms with Crippen molar-refractivity contribution in [2.24, 2.45) is 5.41 Å². The van der Waals surface area contributed by atoms with Gasteiger partial charge < -0.3 is 31.1 Å². The minimum absolute atomic E-state index is 0.236. The van der Waals surface area contributed by atoms with Crippen LogP contribution in [0.4, 0.5) is 11.6 Å². The number of fused-ring (bicyclic) bond motifs is 2. The summed E-state index contributed by atoms with van der Waals surface area (Å²) in [6.07, 6.45) is 3.89. The summed E-state index contributed by atoms with van der Waals surface area (Å²) in [6, 6.07) is 10.1. The number of halogens is 1. The second-order valence-electron chi connectivity index (χ2n) is 10.1. The summed E-state index contributed by atoms with van der Waals surface area (Å²) in [5.74, 6) is 0.890. The van der Waals surface area contributed by atoms with Crippen molar-refractivity contribution >= 4 is 49.5 Å². The number of nitrogens with zero attached hydrogens (tertiary/aromatic N) is 5. The molecule has 0 amide bonds. The van der Waals surface area contributed by atoms with E-state index in [2.05, 4.69) is 61.0 Å². The first-order valence-electron chi connectivity index (χ1n) is 11.7. The van der Waals surface area contributed by atoms with Gasteiger partial charge in [-0.15, -0.1) is 0 Å². The van der Waals surface area contributed by atoms with Crippen molar-refractivity contribution in [3.63, 3.8) is 0 Å². The molecule has 35 heavy (non-hydrogen) atoms. The van der Waals surface area contributed by atoms with Gasteiger partial charge in [0.2, 0.25) is 0 Å². The summed E-state index contributed by atoms with van der Waals surface area (Å²) >= 11 is 3.44. The highest BCUT2D eigenvalue weighted by Crippen LogP contribution is 2.52. The molecule has 6 rings (SSSR count). The molecule has 10 heteroatoms. The first kappa shape index (κ1) is 22.7. The molecule has 1 spiro atoms. The van der Waals surface area contributed by atoms with E-state index in [4.69, 9.17) is 11.5 Å². The molecule has 1 aromatic carbocycles. The van der Waals surface area contributed by atoms with Crippen LogP contribution in [0.2, 0.25) is 0 Å². The second-order valence-corrected chi connectivity index (χ2v) is 11.0. The molecular formula is C25H28BrN7O2. The van der Waals surface area contributed by atoms with Crippen LogP contribution < -0.4 is 11.5 Å². The normalized spacial score (nSPS) is 29.1. The van der Waals surface area contributed by atoms with Crippen LogP contribution in [0.3, 0.4) is 0 Å². The zero-order valence-electron chi connectivity index (χ0n) is 19.3. The van der Waals surface area contributed by atoms with Crippen LogP contribution in [0, 0.1) is 5.41 Å². The number of nitrogens with two attached hydrogens (primary N) is 2. The average Bonchev–Trinajstić information content (AvgIpc) is 3.46. The zero-order chi connectivity index (χ0) is 24.5. The zero-order valence-corrected chi connectivity index (χ0v) is 20.9. The maximum absolute atomic E-state index is 11.3. The van der Waals surface area contributed by atoms with Gasteiger partial charge in [-0.25, -0.2) is 15.0 Å². The number of aliphatic hydroxyl groups is 2. The fourth-order valence-corrected chi connectivity index (χ4v) is 6.59. The lowest BCUT2D eigenvalue weighted by Crippen LogP contribution is -2.38. The molecule has 5 unspecified atom stereocenters. The predicted molar refractivity (Wildman–Crippen MR) is 139 cm³/mol. The summed E-state index contributed by atoms with van der Waals surface area (Å²) in [4.78, 5) is 15.3. The van der Waals surface area contributed by atoms with Gasteiger partial charge in [0.05, 0.1) is 27.5 Å². The number of nitrogen functional groups attached to an aromatic ring is 2. The molecule has 5 atom stereocenters. The van der Waals surface area contributed by atoms with Crippen molar-refractivity contribution in [2.75, 3.05) is 25.1 Å². The Morgan fingerprint density at radius 3 is 2.77 bits per heavy atom. The quantitative estimate of drug-likeness (QED) is 0.312. The van der Waals surface area contributed by atoms with E-state index in [0.29, 0.717) is 30.2 Å². The minimum Gasteiger partial charge on any atom is -0.390 e. The van der Waals surface area contributed by atoms with Crippen molar-refractivity contribution in [2.45, 2.75) is 43.6 Å². The minimum atomic E-state index is -0.889.